The number of rotatable bonds is 7. The molecule has 2 aliphatic heterocycles. The number of hydrogen-bond donors (Lipinski definition) is 3. The van der Waals surface area contributed by atoms with Gasteiger partial charge in [-0.15, -0.1) is 0 Å². The van der Waals surface area contributed by atoms with Gasteiger partial charge in [-0.2, -0.15) is 0 Å². The van der Waals surface area contributed by atoms with Crippen LogP contribution >= 0.6 is 0 Å². The topological polar surface area (TPSA) is 90.7 Å². The first-order valence-electron chi connectivity index (χ1n) is 11.3. The fourth-order valence-electron chi connectivity index (χ4n) is 4.62. The van der Waals surface area contributed by atoms with Crippen LogP contribution in [0, 0.1) is 5.41 Å². The Balaban J connectivity index is 1.38. The highest BCUT2D eigenvalue weighted by Gasteiger charge is 2.48. The number of hydrogen-bond acceptors (Lipinski definition) is 4. The van der Waals surface area contributed by atoms with Crippen molar-refractivity contribution in [3.8, 4) is 0 Å². The van der Waals surface area contributed by atoms with Crippen LogP contribution in [0.1, 0.15) is 37.7 Å². The van der Waals surface area contributed by atoms with Crippen molar-refractivity contribution < 1.29 is 18.4 Å². The predicted octanol–water partition coefficient (Wildman–Crippen LogP) is 1.93. The number of benzene rings is 1. The van der Waals surface area contributed by atoms with Crippen LogP contribution in [0.2, 0.25) is 0 Å². The maximum atomic E-state index is 14.9. The third kappa shape index (κ3) is 5.56. The second kappa shape index (κ2) is 8.59. The molecule has 4 N–H and O–H groups in total. The maximum Gasteiger partial charge on any atom is 0.318 e. The third-order valence-corrected chi connectivity index (χ3v) is 6.97. The molecule has 2 heterocycles. The van der Waals surface area contributed by atoms with Crippen molar-refractivity contribution in [1.29, 1.82) is 0 Å². The molecule has 9 heteroatoms. The number of urea groups is 1. The monoisotopic (exact) mass is 449 g/mol. The molecule has 1 saturated carbocycles. The number of nitrogens with two attached hydrogens (primary N) is 1. The minimum atomic E-state index is -3.16. The van der Waals surface area contributed by atoms with E-state index in [9.17, 15) is 18.4 Å². The molecule has 32 heavy (non-hydrogen) atoms. The van der Waals surface area contributed by atoms with Crippen molar-refractivity contribution in [3.63, 3.8) is 0 Å². The number of alkyl halides is 2. The van der Waals surface area contributed by atoms with Crippen LogP contribution in [0.3, 0.4) is 0 Å². The molecule has 176 valence electrons. The van der Waals surface area contributed by atoms with E-state index in [-0.39, 0.29) is 5.41 Å². The summed E-state index contributed by atoms with van der Waals surface area (Å²) in [5.74, 6) is -3.81. The van der Waals surface area contributed by atoms with Gasteiger partial charge in [0.05, 0.1) is 5.66 Å². The molecule has 2 saturated heterocycles. The molecule has 3 amide bonds. The Kier molecular flexibility index (Phi) is 6.15. The standard InChI is InChI=1S/C23H33F2N5O2/c1-29-11-9-21(10-12-29)15-30(16-21)20(32)27-18(19(31)28-23(26)7-8-23)14-22(24,25)13-17-5-3-2-4-6-17/h2-6,18H,7-16,26H2,1H3,(H,27,32)(H,28,31)/t18-/m0/s1. The Labute approximate surface area is 187 Å². The number of amides is 3. The molecule has 4 rings (SSSR count). The highest BCUT2D eigenvalue weighted by molar-refractivity contribution is 5.88. The lowest BCUT2D eigenvalue weighted by atomic mass is 9.72. The summed E-state index contributed by atoms with van der Waals surface area (Å²) in [6.07, 6.45) is 1.96. The van der Waals surface area contributed by atoms with Crippen molar-refractivity contribution in [1.82, 2.24) is 20.4 Å². The van der Waals surface area contributed by atoms with Gasteiger partial charge in [-0.1, -0.05) is 30.3 Å². The SMILES string of the molecule is CN1CCC2(CC1)CN(C(=O)N[C@@H](CC(F)(F)Cc1ccccc1)C(=O)NC1(N)CC1)C2. The van der Waals surface area contributed by atoms with E-state index in [1.165, 1.54) is 0 Å². The minimum absolute atomic E-state index is 0.119. The molecule has 1 spiro atoms. The molecule has 1 atom stereocenters. The predicted molar refractivity (Wildman–Crippen MR) is 117 cm³/mol. The fourth-order valence-corrected chi connectivity index (χ4v) is 4.62. The first-order chi connectivity index (χ1) is 15.1. The lowest BCUT2D eigenvalue weighted by Crippen LogP contribution is -2.65. The number of carbonyl (C=O) groups is 2. The van der Waals surface area contributed by atoms with Crippen LogP contribution in [0.25, 0.3) is 0 Å². The average Bonchev–Trinajstić information content (AvgIpc) is 3.43. The van der Waals surface area contributed by atoms with E-state index >= 15 is 0 Å². The Morgan fingerprint density at radius 1 is 1.12 bits per heavy atom. The van der Waals surface area contributed by atoms with Crippen molar-refractivity contribution in [2.45, 2.75) is 56.2 Å². The van der Waals surface area contributed by atoms with Gasteiger partial charge >= 0.3 is 6.03 Å². The molecule has 7 nitrogen and oxygen atoms in total. The molecule has 3 aliphatic rings. The molecule has 3 fully saturated rings. The van der Waals surface area contributed by atoms with E-state index in [2.05, 4.69) is 22.6 Å². The third-order valence-electron chi connectivity index (χ3n) is 6.97. The van der Waals surface area contributed by atoms with Gasteiger partial charge in [0.15, 0.2) is 0 Å². The number of carbonyl (C=O) groups excluding carboxylic acids is 2. The summed E-state index contributed by atoms with van der Waals surface area (Å²) in [5.41, 5.74) is 5.71. The van der Waals surface area contributed by atoms with E-state index < -0.39 is 42.4 Å². The second-order valence-electron chi connectivity index (χ2n) is 10.0. The van der Waals surface area contributed by atoms with Gasteiger partial charge in [0.2, 0.25) is 5.91 Å². The Morgan fingerprint density at radius 3 is 2.34 bits per heavy atom. The van der Waals surface area contributed by atoms with Gasteiger partial charge in [-0.3, -0.25) is 4.79 Å². The molecule has 1 aromatic carbocycles. The van der Waals surface area contributed by atoms with Gasteiger partial charge in [-0.25, -0.2) is 13.6 Å². The Morgan fingerprint density at radius 2 is 1.75 bits per heavy atom. The van der Waals surface area contributed by atoms with E-state index in [0.29, 0.717) is 31.5 Å². The Bertz CT molecular complexity index is 830. The zero-order valence-corrected chi connectivity index (χ0v) is 18.6. The largest absolute Gasteiger partial charge is 0.336 e. The fraction of sp³-hybridized carbons (Fsp3) is 0.652. The Hall–Kier alpha value is -2.26. The van der Waals surface area contributed by atoms with Gasteiger partial charge in [0.25, 0.3) is 5.92 Å². The molecule has 1 aromatic rings. The average molecular weight is 450 g/mol. The lowest BCUT2D eigenvalue weighted by molar-refractivity contribution is -0.126. The smallest absolute Gasteiger partial charge is 0.318 e. The van der Waals surface area contributed by atoms with Gasteiger partial charge < -0.3 is 26.2 Å². The first-order valence-corrected chi connectivity index (χ1v) is 11.3. The van der Waals surface area contributed by atoms with E-state index in [1.807, 2.05) is 0 Å². The molecule has 0 radical (unpaired) electrons. The quantitative estimate of drug-likeness (QED) is 0.555. The molecule has 0 aromatic heterocycles. The van der Waals surface area contributed by atoms with Crippen LogP contribution in [0.4, 0.5) is 13.6 Å². The van der Waals surface area contributed by atoms with Crippen LogP contribution in [0.15, 0.2) is 30.3 Å². The summed E-state index contributed by atoms with van der Waals surface area (Å²) in [7, 11) is 2.08. The van der Waals surface area contributed by atoms with Crippen molar-refractivity contribution >= 4 is 11.9 Å². The van der Waals surface area contributed by atoms with Gasteiger partial charge in [0, 0.05) is 31.3 Å². The number of piperidine rings is 1. The number of nitrogens with one attached hydrogen (secondary N) is 2. The molecule has 0 bridgehead atoms. The lowest BCUT2D eigenvalue weighted by Gasteiger charge is -2.53. The number of halogens is 2. The summed E-state index contributed by atoms with van der Waals surface area (Å²) in [5, 5.41) is 5.20. The summed E-state index contributed by atoms with van der Waals surface area (Å²) in [6, 6.07) is 6.60. The zero-order chi connectivity index (χ0) is 23.0. The summed E-state index contributed by atoms with van der Waals surface area (Å²) < 4.78 is 29.7. The van der Waals surface area contributed by atoms with Crippen molar-refractivity contribution in [3.05, 3.63) is 35.9 Å². The highest BCUT2D eigenvalue weighted by Crippen LogP contribution is 2.40. The summed E-state index contributed by atoms with van der Waals surface area (Å²) in [6.45, 7) is 3.18. The van der Waals surface area contributed by atoms with Gasteiger partial charge in [0.1, 0.15) is 6.04 Å². The van der Waals surface area contributed by atoms with Crippen molar-refractivity contribution in [2.24, 2.45) is 11.1 Å². The molecule has 1 aliphatic carbocycles. The van der Waals surface area contributed by atoms with E-state index in [1.54, 1.807) is 35.2 Å². The van der Waals surface area contributed by atoms with Gasteiger partial charge in [-0.05, 0) is 51.4 Å². The van der Waals surface area contributed by atoms with Crippen LogP contribution in [0.5, 0.6) is 0 Å². The van der Waals surface area contributed by atoms with Crippen molar-refractivity contribution in [2.75, 3.05) is 33.2 Å². The highest BCUT2D eigenvalue weighted by atomic mass is 19.3. The maximum absolute atomic E-state index is 14.9. The molecule has 0 unspecified atom stereocenters. The number of nitrogens with zero attached hydrogens (tertiary/aromatic N) is 2. The molecular formula is C23H33F2N5O2. The van der Waals surface area contributed by atoms with Crippen LogP contribution < -0.4 is 16.4 Å². The number of likely N-dealkylation sites (tertiary alicyclic amines) is 2. The van der Waals surface area contributed by atoms with E-state index in [0.717, 1.165) is 25.9 Å². The summed E-state index contributed by atoms with van der Waals surface area (Å²) >= 11 is 0. The normalized spacial score (nSPS) is 22.7. The second-order valence-corrected chi connectivity index (χ2v) is 10.0. The minimum Gasteiger partial charge on any atom is -0.336 e. The van der Waals surface area contributed by atoms with Crippen LogP contribution in [-0.4, -0.2) is 72.6 Å². The van der Waals surface area contributed by atoms with Crippen LogP contribution in [-0.2, 0) is 11.2 Å². The molecular weight excluding hydrogens is 416 g/mol. The first kappa shape index (κ1) is 22.9. The van der Waals surface area contributed by atoms with E-state index in [4.69, 9.17) is 5.73 Å². The zero-order valence-electron chi connectivity index (χ0n) is 18.6. The summed E-state index contributed by atoms with van der Waals surface area (Å²) in [4.78, 5) is 29.5.